The first-order valence-corrected chi connectivity index (χ1v) is 5.02. The van der Waals surface area contributed by atoms with Crippen LogP contribution in [0.5, 0.6) is 0 Å². The van der Waals surface area contributed by atoms with Crippen molar-refractivity contribution in [2.45, 2.75) is 0 Å². The molecule has 2 N–H and O–H groups in total. The normalized spacial score (nSPS) is 9.33. The predicted molar refractivity (Wildman–Crippen MR) is 66.6 cm³/mol. The van der Waals surface area contributed by atoms with Crippen LogP contribution in [0.1, 0.15) is 15.9 Å². The van der Waals surface area contributed by atoms with E-state index in [4.69, 9.17) is 0 Å². The highest BCUT2D eigenvalue weighted by Crippen LogP contribution is 2.16. The number of nitro benzene ring substituents is 1. The molecule has 92 valence electrons. The fourth-order valence-corrected chi connectivity index (χ4v) is 1.52. The van der Waals surface area contributed by atoms with Crippen LogP contribution in [-0.4, -0.2) is 16.2 Å². The second kappa shape index (κ2) is 5.70. The minimum Gasteiger partial charge on any atom is -0.412 e. The molecular formula is C13H11NO4. The Morgan fingerprint density at radius 2 is 1.56 bits per heavy atom. The number of nitrogens with zero attached hydrogens (tertiary/aromatic N) is 1. The van der Waals surface area contributed by atoms with Crippen molar-refractivity contribution in [2.24, 2.45) is 0 Å². The summed E-state index contributed by atoms with van der Waals surface area (Å²) in [6.45, 7) is 0. The van der Waals surface area contributed by atoms with E-state index in [0.29, 0.717) is 11.1 Å². The van der Waals surface area contributed by atoms with Gasteiger partial charge in [0.05, 0.1) is 4.92 Å². The van der Waals surface area contributed by atoms with Gasteiger partial charge < -0.3 is 5.48 Å². The SMILES string of the molecule is O.O=C(c1ccccc1)c1cccc([N+](=O)[O-])c1. The van der Waals surface area contributed by atoms with Crippen LogP contribution in [0.3, 0.4) is 0 Å². The van der Waals surface area contributed by atoms with Gasteiger partial charge in [0.1, 0.15) is 0 Å². The third-order valence-electron chi connectivity index (χ3n) is 2.36. The van der Waals surface area contributed by atoms with Gasteiger partial charge in [-0.15, -0.1) is 0 Å². The highest BCUT2D eigenvalue weighted by Gasteiger charge is 2.12. The lowest BCUT2D eigenvalue weighted by molar-refractivity contribution is -0.384. The molecule has 5 nitrogen and oxygen atoms in total. The zero-order chi connectivity index (χ0) is 12.3. The van der Waals surface area contributed by atoms with Gasteiger partial charge >= 0.3 is 0 Å². The van der Waals surface area contributed by atoms with Gasteiger partial charge in [-0.1, -0.05) is 42.5 Å². The Hall–Kier alpha value is -2.53. The zero-order valence-corrected chi connectivity index (χ0v) is 9.37. The molecule has 2 aromatic carbocycles. The molecule has 18 heavy (non-hydrogen) atoms. The molecule has 0 aliphatic rings. The van der Waals surface area contributed by atoms with Crippen LogP contribution in [0.4, 0.5) is 5.69 Å². The van der Waals surface area contributed by atoms with E-state index in [0.717, 1.165) is 0 Å². The Morgan fingerprint density at radius 3 is 2.17 bits per heavy atom. The molecule has 0 saturated carbocycles. The number of non-ortho nitro benzene ring substituents is 1. The number of nitro groups is 1. The standard InChI is InChI=1S/C13H9NO3.H2O/c15-13(10-5-2-1-3-6-10)11-7-4-8-12(9-11)14(16)17;/h1-9H;1H2. The first kappa shape index (κ1) is 13.5. The third kappa shape index (κ3) is 2.78. The van der Waals surface area contributed by atoms with E-state index in [1.807, 2.05) is 6.07 Å². The Bertz CT molecular complexity index is 566. The van der Waals surface area contributed by atoms with Crippen molar-refractivity contribution < 1.29 is 15.2 Å². The first-order chi connectivity index (χ1) is 8.18. The van der Waals surface area contributed by atoms with Crippen molar-refractivity contribution in [1.82, 2.24) is 0 Å². The van der Waals surface area contributed by atoms with Crippen molar-refractivity contribution in [1.29, 1.82) is 0 Å². The number of carbonyl (C=O) groups is 1. The number of carbonyl (C=O) groups excluding carboxylic acids is 1. The van der Waals surface area contributed by atoms with Crippen LogP contribution in [-0.2, 0) is 0 Å². The van der Waals surface area contributed by atoms with E-state index in [-0.39, 0.29) is 16.9 Å². The van der Waals surface area contributed by atoms with Gasteiger partial charge in [0.25, 0.3) is 5.69 Å². The second-order valence-electron chi connectivity index (χ2n) is 3.50. The van der Waals surface area contributed by atoms with Gasteiger partial charge in [0.15, 0.2) is 5.78 Å². The highest BCUT2D eigenvalue weighted by atomic mass is 16.6. The molecule has 0 atom stereocenters. The van der Waals surface area contributed by atoms with Crippen LogP contribution in [0.15, 0.2) is 54.6 Å². The minimum absolute atomic E-state index is 0. The quantitative estimate of drug-likeness (QED) is 0.470. The van der Waals surface area contributed by atoms with Crippen LogP contribution in [0.25, 0.3) is 0 Å². The van der Waals surface area contributed by atoms with Crippen LogP contribution >= 0.6 is 0 Å². The number of rotatable bonds is 3. The molecule has 0 heterocycles. The summed E-state index contributed by atoms with van der Waals surface area (Å²) in [4.78, 5) is 22.1. The average Bonchev–Trinajstić information content (AvgIpc) is 2.39. The molecular weight excluding hydrogens is 234 g/mol. The maximum absolute atomic E-state index is 12.0. The Labute approximate surface area is 103 Å². The fraction of sp³-hybridized carbons (Fsp3) is 0. The summed E-state index contributed by atoms with van der Waals surface area (Å²) in [5, 5.41) is 10.6. The van der Waals surface area contributed by atoms with Gasteiger partial charge in [-0.25, -0.2) is 0 Å². The summed E-state index contributed by atoms with van der Waals surface area (Å²) < 4.78 is 0. The first-order valence-electron chi connectivity index (χ1n) is 5.02. The maximum Gasteiger partial charge on any atom is 0.270 e. The Morgan fingerprint density at radius 1 is 0.944 bits per heavy atom. The lowest BCUT2D eigenvalue weighted by Gasteiger charge is -2.00. The Balaban J connectivity index is 0.00000162. The van der Waals surface area contributed by atoms with E-state index < -0.39 is 4.92 Å². The van der Waals surface area contributed by atoms with Gasteiger partial charge in [-0.05, 0) is 0 Å². The molecule has 2 aromatic rings. The molecule has 0 radical (unpaired) electrons. The summed E-state index contributed by atoms with van der Waals surface area (Å²) in [5.74, 6) is -0.214. The van der Waals surface area contributed by atoms with Gasteiger partial charge in [0, 0.05) is 23.3 Å². The molecule has 0 aliphatic carbocycles. The smallest absolute Gasteiger partial charge is 0.270 e. The molecule has 0 bridgehead atoms. The molecule has 2 rings (SSSR count). The molecule has 0 unspecified atom stereocenters. The van der Waals surface area contributed by atoms with Crippen molar-refractivity contribution in [3.63, 3.8) is 0 Å². The summed E-state index contributed by atoms with van der Waals surface area (Å²) in [5.41, 5.74) is 0.769. The van der Waals surface area contributed by atoms with Crippen molar-refractivity contribution in [2.75, 3.05) is 0 Å². The van der Waals surface area contributed by atoms with E-state index in [9.17, 15) is 14.9 Å². The molecule has 5 heteroatoms. The molecule has 0 spiro atoms. The van der Waals surface area contributed by atoms with Crippen molar-refractivity contribution in [3.05, 3.63) is 75.8 Å². The molecule has 0 aromatic heterocycles. The number of ketones is 1. The highest BCUT2D eigenvalue weighted by molar-refractivity contribution is 6.09. The number of hydrogen-bond donors (Lipinski definition) is 0. The molecule has 0 fully saturated rings. The van der Waals surface area contributed by atoms with Crippen molar-refractivity contribution >= 4 is 11.5 Å². The lowest BCUT2D eigenvalue weighted by Crippen LogP contribution is -2.01. The summed E-state index contributed by atoms with van der Waals surface area (Å²) >= 11 is 0. The van der Waals surface area contributed by atoms with Crippen LogP contribution < -0.4 is 0 Å². The van der Waals surface area contributed by atoms with E-state index in [1.54, 1.807) is 30.3 Å². The molecule has 0 aliphatic heterocycles. The van der Waals surface area contributed by atoms with Crippen LogP contribution in [0, 0.1) is 10.1 Å². The fourth-order valence-electron chi connectivity index (χ4n) is 1.52. The monoisotopic (exact) mass is 245 g/mol. The predicted octanol–water partition coefficient (Wildman–Crippen LogP) is 2.00. The van der Waals surface area contributed by atoms with Crippen molar-refractivity contribution in [3.8, 4) is 0 Å². The number of benzene rings is 2. The average molecular weight is 245 g/mol. The van der Waals surface area contributed by atoms with Crippen LogP contribution in [0.2, 0.25) is 0 Å². The Kier molecular flexibility index (Phi) is 4.28. The zero-order valence-electron chi connectivity index (χ0n) is 9.37. The molecule has 0 amide bonds. The summed E-state index contributed by atoms with van der Waals surface area (Å²) in [7, 11) is 0. The third-order valence-corrected chi connectivity index (χ3v) is 2.36. The minimum atomic E-state index is -0.512. The van der Waals surface area contributed by atoms with E-state index in [2.05, 4.69) is 0 Å². The molecule has 0 saturated heterocycles. The summed E-state index contributed by atoms with van der Waals surface area (Å²) in [6, 6.07) is 14.4. The second-order valence-corrected chi connectivity index (χ2v) is 3.50. The summed E-state index contributed by atoms with van der Waals surface area (Å²) in [6.07, 6.45) is 0. The largest absolute Gasteiger partial charge is 0.412 e. The maximum atomic E-state index is 12.0. The van der Waals surface area contributed by atoms with Gasteiger partial charge in [-0.3, -0.25) is 14.9 Å². The van der Waals surface area contributed by atoms with Gasteiger partial charge in [0.2, 0.25) is 0 Å². The topological polar surface area (TPSA) is 91.7 Å². The van der Waals surface area contributed by atoms with E-state index in [1.165, 1.54) is 18.2 Å². The number of hydrogen-bond acceptors (Lipinski definition) is 3. The lowest BCUT2D eigenvalue weighted by atomic mass is 10.0. The van der Waals surface area contributed by atoms with Gasteiger partial charge in [-0.2, -0.15) is 0 Å². The van der Waals surface area contributed by atoms with E-state index >= 15 is 0 Å².